The monoisotopic (exact) mass is 398 g/mol. The zero-order chi connectivity index (χ0) is 15.5. The SMILES string of the molecule is CCC(CC)(OC)c1nc(-c2ccccc2)c(I)c(=O)[nH]1. The van der Waals surface area contributed by atoms with Crippen molar-refractivity contribution in [2.75, 3.05) is 7.11 Å². The van der Waals surface area contributed by atoms with Crippen molar-refractivity contribution in [1.29, 1.82) is 0 Å². The summed E-state index contributed by atoms with van der Waals surface area (Å²) in [6.45, 7) is 4.07. The van der Waals surface area contributed by atoms with Gasteiger partial charge < -0.3 is 9.72 Å². The second-order valence-electron chi connectivity index (χ2n) is 4.85. The van der Waals surface area contributed by atoms with Gasteiger partial charge >= 0.3 is 0 Å². The van der Waals surface area contributed by atoms with Crippen molar-refractivity contribution < 1.29 is 4.74 Å². The lowest BCUT2D eigenvalue weighted by molar-refractivity contribution is -0.0292. The third kappa shape index (κ3) is 3.03. The van der Waals surface area contributed by atoms with Crippen molar-refractivity contribution in [3.63, 3.8) is 0 Å². The second kappa shape index (κ2) is 6.70. The molecule has 5 heteroatoms. The van der Waals surface area contributed by atoms with Crippen LogP contribution >= 0.6 is 22.6 Å². The van der Waals surface area contributed by atoms with Gasteiger partial charge in [0.25, 0.3) is 5.56 Å². The van der Waals surface area contributed by atoms with Crippen LogP contribution in [0.5, 0.6) is 0 Å². The van der Waals surface area contributed by atoms with Crippen molar-refractivity contribution >= 4 is 22.6 Å². The van der Waals surface area contributed by atoms with E-state index in [2.05, 4.69) is 4.98 Å². The summed E-state index contributed by atoms with van der Waals surface area (Å²) in [4.78, 5) is 19.9. The number of rotatable bonds is 5. The van der Waals surface area contributed by atoms with Gasteiger partial charge in [-0.3, -0.25) is 4.79 Å². The molecule has 0 spiro atoms. The van der Waals surface area contributed by atoms with E-state index in [9.17, 15) is 4.79 Å². The first-order chi connectivity index (χ1) is 10.1. The number of aromatic amines is 1. The van der Waals surface area contributed by atoms with E-state index < -0.39 is 5.60 Å². The van der Waals surface area contributed by atoms with E-state index in [1.165, 1.54) is 0 Å². The summed E-state index contributed by atoms with van der Waals surface area (Å²) in [5.74, 6) is 0.597. The number of H-pyrrole nitrogens is 1. The minimum atomic E-state index is -0.549. The first kappa shape index (κ1) is 16.2. The van der Waals surface area contributed by atoms with Crippen LogP contribution < -0.4 is 5.56 Å². The molecule has 0 amide bonds. The van der Waals surface area contributed by atoms with Crippen LogP contribution in [-0.2, 0) is 10.3 Å². The molecule has 112 valence electrons. The number of aromatic nitrogens is 2. The van der Waals surface area contributed by atoms with Crippen LogP contribution in [0.1, 0.15) is 32.5 Å². The van der Waals surface area contributed by atoms with Crippen LogP contribution in [0.4, 0.5) is 0 Å². The Morgan fingerprint density at radius 3 is 2.38 bits per heavy atom. The van der Waals surface area contributed by atoms with Gasteiger partial charge in [0, 0.05) is 12.7 Å². The summed E-state index contributed by atoms with van der Waals surface area (Å²) in [7, 11) is 1.66. The van der Waals surface area contributed by atoms with Crippen LogP contribution in [0.15, 0.2) is 35.1 Å². The highest BCUT2D eigenvalue weighted by Crippen LogP contribution is 2.31. The van der Waals surface area contributed by atoms with Gasteiger partial charge in [-0.15, -0.1) is 0 Å². The van der Waals surface area contributed by atoms with Gasteiger partial charge in [-0.1, -0.05) is 44.2 Å². The summed E-state index contributed by atoms with van der Waals surface area (Å²) in [6, 6.07) is 9.75. The highest BCUT2D eigenvalue weighted by molar-refractivity contribution is 14.1. The van der Waals surface area contributed by atoms with Gasteiger partial charge in [0.2, 0.25) is 0 Å². The number of halogens is 1. The molecule has 2 aromatic rings. The van der Waals surface area contributed by atoms with Crippen molar-refractivity contribution in [2.24, 2.45) is 0 Å². The first-order valence-corrected chi connectivity index (χ1v) is 8.06. The molecule has 0 bridgehead atoms. The molecule has 0 saturated carbocycles. The zero-order valence-corrected chi connectivity index (χ0v) is 14.6. The van der Waals surface area contributed by atoms with E-state index >= 15 is 0 Å². The Balaban J connectivity index is 2.67. The molecule has 0 saturated heterocycles. The molecule has 0 aliphatic carbocycles. The molecule has 0 aliphatic rings. The van der Waals surface area contributed by atoms with E-state index in [4.69, 9.17) is 9.72 Å². The molecule has 21 heavy (non-hydrogen) atoms. The smallest absolute Gasteiger partial charge is 0.265 e. The minimum Gasteiger partial charge on any atom is -0.370 e. The Bertz CT molecular complexity index is 655. The summed E-state index contributed by atoms with van der Waals surface area (Å²) < 4.78 is 6.27. The Labute approximate surface area is 138 Å². The molecule has 2 rings (SSSR count). The highest BCUT2D eigenvalue weighted by Gasteiger charge is 2.32. The van der Waals surface area contributed by atoms with Gasteiger partial charge in [-0.2, -0.15) is 0 Å². The van der Waals surface area contributed by atoms with E-state index in [0.29, 0.717) is 15.1 Å². The molecule has 0 fully saturated rings. The fraction of sp³-hybridized carbons (Fsp3) is 0.375. The summed E-state index contributed by atoms with van der Waals surface area (Å²) >= 11 is 2.04. The predicted octanol–water partition coefficient (Wildman–Crippen LogP) is 3.70. The van der Waals surface area contributed by atoms with Crippen molar-refractivity contribution in [1.82, 2.24) is 9.97 Å². The topological polar surface area (TPSA) is 55.0 Å². The Morgan fingerprint density at radius 2 is 1.86 bits per heavy atom. The number of methoxy groups -OCH3 is 1. The third-order valence-electron chi connectivity index (χ3n) is 3.87. The molecule has 1 aromatic heterocycles. The summed E-state index contributed by atoms with van der Waals surface area (Å²) in [6.07, 6.45) is 1.50. The lowest BCUT2D eigenvalue weighted by atomic mass is 9.95. The highest BCUT2D eigenvalue weighted by atomic mass is 127. The number of ether oxygens (including phenoxy) is 1. The molecule has 4 nitrogen and oxygen atoms in total. The zero-order valence-electron chi connectivity index (χ0n) is 12.4. The average Bonchev–Trinajstić information content (AvgIpc) is 2.53. The molecule has 0 aliphatic heterocycles. The van der Waals surface area contributed by atoms with E-state index in [0.717, 1.165) is 18.4 Å². The molecule has 1 aromatic carbocycles. The molecule has 0 atom stereocenters. The largest absolute Gasteiger partial charge is 0.370 e. The van der Waals surface area contributed by atoms with E-state index in [1.54, 1.807) is 7.11 Å². The Hall–Kier alpha value is -1.21. The van der Waals surface area contributed by atoms with Crippen LogP contribution in [0, 0.1) is 3.57 Å². The third-order valence-corrected chi connectivity index (χ3v) is 4.88. The van der Waals surface area contributed by atoms with Crippen molar-refractivity contribution in [3.05, 3.63) is 50.1 Å². The number of hydrogen-bond donors (Lipinski definition) is 1. The van der Waals surface area contributed by atoms with Gasteiger partial charge in [0.1, 0.15) is 15.0 Å². The predicted molar refractivity (Wildman–Crippen MR) is 92.3 cm³/mol. The lowest BCUT2D eigenvalue weighted by Gasteiger charge is -2.29. The number of nitrogens with one attached hydrogen (secondary N) is 1. The first-order valence-electron chi connectivity index (χ1n) is 6.98. The maximum Gasteiger partial charge on any atom is 0.265 e. The average molecular weight is 398 g/mol. The molecule has 1 heterocycles. The van der Waals surface area contributed by atoms with Crippen LogP contribution in [0.2, 0.25) is 0 Å². The summed E-state index contributed by atoms with van der Waals surface area (Å²) in [5, 5.41) is 0. The van der Waals surface area contributed by atoms with Crippen molar-refractivity contribution in [3.8, 4) is 11.3 Å². The normalized spacial score (nSPS) is 11.6. The maximum atomic E-state index is 12.3. The number of benzene rings is 1. The number of nitrogens with zero attached hydrogens (tertiary/aromatic N) is 1. The quantitative estimate of drug-likeness (QED) is 0.782. The molecular formula is C16H19IN2O2. The molecule has 1 N–H and O–H groups in total. The van der Waals surface area contributed by atoms with E-state index in [-0.39, 0.29) is 5.56 Å². The van der Waals surface area contributed by atoms with Gasteiger partial charge in [0.05, 0.1) is 5.69 Å². The summed E-state index contributed by atoms with van der Waals surface area (Å²) in [5.41, 5.74) is 0.972. The van der Waals surface area contributed by atoms with E-state index in [1.807, 2.05) is 66.8 Å². The second-order valence-corrected chi connectivity index (χ2v) is 5.93. The van der Waals surface area contributed by atoms with Crippen LogP contribution in [0.3, 0.4) is 0 Å². The van der Waals surface area contributed by atoms with Crippen LogP contribution in [-0.4, -0.2) is 17.1 Å². The number of hydrogen-bond acceptors (Lipinski definition) is 3. The fourth-order valence-corrected chi connectivity index (χ4v) is 3.00. The van der Waals surface area contributed by atoms with Crippen LogP contribution in [0.25, 0.3) is 11.3 Å². The standard InChI is InChI=1S/C16H19IN2O2/c1-4-16(5-2,21-3)15-18-13(12(17)14(20)19-15)11-9-7-6-8-10-11/h6-10H,4-5H2,1-3H3,(H,18,19,20). The minimum absolute atomic E-state index is 0.122. The van der Waals surface area contributed by atoms with Gasteiger partial charge in [-0.25, -0.2) is 4.98 Å². The lowest BCUT2D eigenvalue weighted by Crippen LogP contribution is -2.33. The Morgan fingerprint density at radius 1 is 1.24 bits per heavy atom. The maximum absolute atomic E-state index is 12.3. The van der Waals surface area contributed by atoms with Gasteiger partial charge in [0.15, 0.2) is 0 Å². The van der Waals surface area contributed by atoms with Gasteiger partial charge in [-0.05, 0) is 35.4 Å². The fourth-order valence-electron chi connectivity index (χ4n) is 2.43. The molecule has 0 radical (unpaired) electrons. The molecular weight excluding hydrogens is 379 g/mol. The van der Waals surface area contributed by atoms with Crippen molar-refractivity contribution in [2.45, 2.75) is 32.3 Å². The Kier molecular flexibility index (Phi) is 5.16. The molecule has 0 unspecified atom stereocenters.